The summed E-state index contributed by atoms with van der Waals surface area (Å²) in [7, 11) is 0. The van der Waals surface area contributed by atoms with Crippen molar-refractivity contribution in [3.05, 3.63) is 28.3 Å². The van der Waals surface area contributed by atoms with E-state index >= 15 is 0 Å². The lowest BCUT2D eigenvalue weighted by Gasteiger charge is -2.08. The molecule has 0 spiro atoms. The molecular formula is C10H12ClF2NO. The van der Waals surface area contributed by atoms with Gasteiger partial charge in [-0.1, -0.05) is 11.6 Å². The van der Waals surface area contributed by atoms with Gasteiger partial charge in [-0.2, -0.15) is 0 Å². The second-order valence-electron chi connectivity index (χ2n) is 3.23. The first kappa shape index (κ1) is 12.2. The third-order valence-electron chi connectivity index (χ3n) is 2.12. The van der Waals surface area contributed by atoms with Crippen LogP contribution in [0.4, 0.5) is 8.78 Å². The van der Waals surface area contributed by atoms with Gasteiger partial charge in [0.25, 0.3) is 0 Å². The van der Waals surface area contributed by atoms with Crippen molar-refractivity contribution in [2.45, 2.75) is 19.3 Å². The van der Waals surface area contributed by atoms with Gasteiger partial charge in [0.05, 0.1) is 5.02 Å². The van der Waals surface area contributed by atoms with E-state index in [1.54, 1.807) is 0 Å². The highest BCUT2D eigenvalue weighted by molar-refractivity contribution is 6.32. The molecule has 2 nitrogen and oxygen atoms in total. The van der Waals surface area contributed by atoms with Gasteiger partial charge in [0.15, 0.2) is 11.6 Å². The Morgan fingerprint density at radius 3 is 2.60 bits per heavy atom. The molecule has 15 heavy (non-hydrogen) atoms. The molecule has 0 aliphatic carbocycles. The van der Waals surface area contributed by atoms with Crippen LogP contribution in [0.2, 0.25) is 5.02 Å². The maximum Gasteiger partial charge on any atom is 0.165 e. The van der Waals surface area contributed by atoms with Gasteiger partial charge in [0.2, 0.25) is 0 Å². The minimum atomic E-state index is -1.04. The van der Waals surface area contributed by atoms with Gasteiger partial charge < -0.3 is 10.8 Å². The number of benzene rings is 1. The average molecular weight is 236 g/mol. The summed E-state index contributed by atoms with van der Waals surface area (Å²) in [4.78, 5) is 0. The van der Waals surface area contributed by atoms with Gasteiger partial charge in [-0.15, -0.1) is 0 Å². The lowest BCUT2D eigenvalue weighted by molar-refractivity contribution is 0.439. The third-order valence-corrected chi connectivity index (χ3v) is 2.41. The first-order valence-electron chi connectivity index (χ1n) is 4.63. The molecule has 1 aromatic rings. The zero-order valence-electron chi connectivity index (χ0n) is 8.06. The van der Waals surface area contributed by atoms with E-state index in [4.69, 9.17) is 17.3 Å². The van der Waals surface area contributed by atoms with Crippen molar-refractivity contribution in [3.8, 4) is 5.75 Å². The van der Waals surface area contributed by atoms with Crippen molar-refractivity contribution in [3.63, 3.8) is 0 Å². The summed E-state index contributed by atoms with van der Waals surface area (Å²) >= 11 is 5.52. The number of hydrogen-bond donors (Lipinski definition) is 2. The van der Waals surface area contributed by atoms with Crippen LogP contribution >= 0.6 is 11.6 Å². The van der Waals surface area contributed by atoms with Crippen LogP contribution in [0.5, 0.6) is 5.75 Å². The zero-order valence-corrected chi connectivity index (χ0v) is 8.82. The molecule has 0 amide bonds. The van der Waals surface area contributed by atoms with Crippen molar-refractivity contribution in [2.24, 2.45) is 5.73 Å². The van der Waals surface area contributed by atoms with E-state index in [2.05, 4.69) is 0 Å². The molecule has 0 aliphatic heterocycles. The summed E-state index contributed by atoms with van der Waals surface area (Å²) in [5, 5.41) is 9.26. The molecule has 0 atom stereocenters. The fourth-order valence-corrected chi connectivity index (χ4v) is 1.52. The Morgan fingerprint density at radius 1 is 1.33 bits per heavy atom. The summed E-state index contributed by atoms with van der Waals surface area (Å²) in [6.07, 6.45) is 1.50. The van der Waals surface area contributed by atoms with Crippen molar-refractivity contribution >= 4 is 11.6 Å². The molecule has 84 valence electrons. The Kier molecular flexibility index (Phi) is 4.29. The Morgan fingerprint density at radius 2 is 2.00 bits per heavy atom. The van der Waals surface area contributed by atoms with Crippen LogP contribution in [-0.4, -0.2) is 11.7 Å². The van der Waals surface area contributed by atoms with Crippen LogP contribution in [0.1, 0.15) is 18.4 Å². The minimum Gasteiger partial charge on any atom is -0.506 e. The fraction of sp³-hybridized carbons (Fsp3) is 0.400. The van der Waals surface area contributed by atoms with Crippen molar-refractivity contribution < 1.29 is 13.9 Å². The van der Waals surface area contributed by atoms with E-state index < -0.39 is 11.6 Å². The number of nitrogens with two attached hydrogens (primary N) is 1. The Labute approximate surface area is 91.7 Å². The lowest BCUT2D eigenvalue weighted by atomic mass is 10.1. The van der Waals surface area contributed by atoms with Gasteiger partial charge >= 0.3 is 0 Å². The normalized spacial score (nSPS) is 10.7. The maximum absolute atomic E-state index is 13.2. The fourth-order valence-electron chi connectivity index (χ4n) is 1.31. The van der Waals surface area contributed by atoms with Crippen molar-refractivity contribution in [2.75, 3.05) is 6.54 Å². The summed E-state index contributed by atoms with van der Waals surface area (Å²) in [6.45, 7) is 0.478. The minimum absolute atomic E-state index is 0.0755. The van der Waals surface area contributed by atoms with Crippen LogP contribution in [0.15, 0.2) is 6.07 Å². The molecular weight excluding hydrogens is 224 g/mol. The summed E-state index contributed by atoms with van der Waals surface area (Å²) < 4.78 is 26.2. The van der Waals surface area contributed by atoms with Crippen LogP contribution in [0.3, 0.4) is 0 Å². The molecule has 0 fully saturated rings. The average Bonchev–Trinajstić information content (AvgIpc) is 2.20. The maximum atomic E-state index is 13.2. The third kappa shape index (κ3) is 2.79. The first-order valence-corrected chi connectivity index (χ1v) is 5.01. The molecule has 1 aromatic carbocycles. The summed E-state index contributed by atoms with van der Waals surface area (Å²) in [5.41, 5.74) is 5.20. The van der Waals surface area contributed by atoms with E-state index in [1.165, 1.54) is 0 Å². The van der Waals surface area contributed by atoms with E-state index in [1.807, 2.05) is 0 Å². The van der Waals surface area contributed by atoms with Gasteiger partial charge in [0, 0.05) is 5.56 Å². The second kappa shape index (κ2) is 5.28. The van der Waals surface area contributed by atoms with E-state index in [0.29, 0.717) is 19.4 Å². The SMILES string of the molecule is NCCCCc1c(O)c(Cl)cc(F)c1F. The largest absolute Gasteiger partial charge is 0.506 e. The van der Waals surface area contributed by atoms with Crippen LogP contribution in [-0.2, 0) is 6.42 Å². The smallest absolute Gasteiger partial charge is 0.165 e. The van der Waals surface area contributed by atoms with E-state index in [-0.39, 0.29) is 22.8 Å². The number of rotatable bonds is 4. The van der Waals surface area contributed by atoms with Gasteiger partial charge in [-0.3, -0.25) is 0 Å². The molecule has 1 rings (SSSR count). The number of phenols is 1. The number of aromatic hydroxyl groups is 1. The molecule has 0 aromatic heterocycles. The Bertz CT molecular complexity index is 332. The summed E-state index contributed by atoms with van der Waals surface area (Å²) in [6, 6.07) is 0.763. The Balaban J connectivity index is 2.94. The molecule has 0 radical (unpaired) electrons. The van der Waals surface area contributed by atoms with Crippen LogP contribution in [0, 0.1) is 11.6 Å². The monoisotopic (exact) mass is 235 g/mol. The molecule has 0 aliphatic rings. The molecule has 0 bridgehead atoms. The molecule has 0 unspecified atom stereocenters. The Hall–Kier alpha value is -0.870. The highest BCUT2D eigenvalue weighted by Crippen LogP contribution is 2.32. The van der Waals surface area contributed by atoms with Crippen molar-refractivity contribution in [1.29, 1.82) is 0 Å². The summed E-state index contributed by atoms with van der Waals surface area (Å²) in [5.74, 6) is -2.46. The standard InChI is InChI=1S/C10H12ClF2NO/c11-7-5-8(12)9(13)6(10(7)15)3-1-2-4-14/h5,15H,1-4,14H2. The van der Waals surface area contributed by atoms with Gasteiger partial charge in [-0.25, -0.2) is 8.78 Å². The molecule has 0 saturated carbocycles. The predicted molar refractivity (Wildman–Crippen MR) is 55.0 cm³/mol. The van der Waals surface area contributed by atoms with Crippen molar-refractivity contribution in [1.82, 2.24) is 0 Å². The predicted octanol–water partition coefficient (Wildman–Crippen LogP) is 2.61. The quantitative estimate of drug-likeness (QED) is 0.623. The van der Waals surface area contributed by atoms with Gasteiger partial charge in [0.1, 0.15) is 5.75 Å². The van der Waals surface area contributed by atoms with Gasteiger partial charge in [-0.05, 0) is 31.9 Å². The topological polar surface area (TPSA) is 46.2 Å². The molecule has 0 heterocycles. The number of hydrogen-bond acceptors (Lipinski definition) is 2. The van der Waals surface area contributed by atoms with E-state index in [9.17, 15) is 13.9 Å². The number of unbranched alkanes of at least 4 members (excludes halogenated alkanes) is 1. The second-order valence-corrected chi connectivity index (χ2v) is 3.63. The highest BCUT2D eigenvalue weighted by atomic mass is 35.5. The molecule has 5 heteroatoms. The number of halogens is 3. The molecule has 3 N–H and O–H groups in total. The van der Waals surface area contributed by atoms with E-state index in [0.717, 1.165) is 6.07 Å². The highest BCUT2D eigenvalue weighted by Gasteiger charge is 2.16. The van der Waals surface area contributed by atoms with Crippen LogP contribution < -0.4 is 5.73 Å². The first-order chi connectivity index (χ1) is 7.07. The lowest BCUT2D eigenvalue weighted by Crippen LogP contribution is -2.01. The number of phenolic OH excluding ortho intramolecular Hbond substituents is 1. The van der Waals surface area contributed by atoms with Crippen LogP contribution in [0.25, 0.3) is 0 Å². The molecule has 0 saturated heterocycles. The zero-order chi connectivity index (χ0) is 11.4.